The molecule has 0 aliphatic carbocycles. The zero-order valence-corrected chi connectivity index (χ0v) is 17.6. The lowest BCUT2D eigenvalue weighted by atomic mass is 10.1. The first-order chi connectivity index (χ1) is 14.0. The van der Waals surface area contributed by atoms with Crippen molar-refractivity contribution < 1.29 is 14.3 Å². The molecule has 0 N–H and O–H groups in total. The zero-order chi connectivity index (χ0) is 20.8. The number of halogens is 2. The molecule has 3 rings (SSSR count). The molecule has 0 atom stereocenters. The van der Waals surface area contributed by atoms with Crippen molar-refractivity contribution in [3.8, 4) is 11.5 Å². The van der Waals surface area contributed by atoms with E-state index in [-0.39, 0.29) is 12.4 Å². The van der Waals surface area contributed by atoms with Gasteiger partial charge in [-0.2, -0.15) is 0 Å². The average molecular weight is 427 g/mol. The number of methoxy groups -OCH3 is 1. The van der Waals surface area contributed by atoms with Crippen LogP contribution in [0.1, 0.15) is 27.0 Å². The summed E-state index contributed by atoms with van der Waals surface area (Å²) in [4.78, 5) is 12.4. The maximum Gasteiger partial charge on any atom is 0.185 e. The number of carbonyl (C=O) groups excluding carboxylic acids is 1. The van der Waals surface area contributed by atoms with Crippen molar-refractivity contribution in [3.05, 3.63) is 99.0 Å². The maximum atomic E-state index is 12.4. The van der Waals surface area contributed by atoms with E-state index in [0.717, 1.165) is 16.7 Å². The Bertz CT molecular complexity index is 1040. The Labute approximate surface area is 180 Å². The first-order valence-corrected chi connectivity index (χ1v) is 9.75. The molecule has 0 saturated heterocycles. The summed E-state index contributed by atoms with van der Waals surface area (Å²) in [5.74, 6) is 1.18. The van der Waals surface area contributed by atoms with Gasteiger partial charge in [0, 0.05) is 16.1 Å². The topological polar surface area (TPSA) is 35.5 Å². The van der Waals surface area contributed by atoms with Crippen LogP contribution in [-0.2, 0) is 6.61 Å². The molecule has 0 unspecified atom stereocenters. The molecule has 148 valence electrons. The zero-order valence-electron chi connectivity index (χ0n) is 16.1. The number of hydrogen-bond donors (Lipinski definition) is 0. The maximum absolute atomic E-state index is 12.4. The van der Waals surface area contributed by atoms with Gasteiger partial charge >= 0.3 is 0 Å². The van der Waals surface area contributed by atoms with Crippen molar-refractivity contribution in [2.75, 3.05) is 7.11 Å². The Morgan fingerprint density at radius 3 is 2.38 bits per heavy atom. The molecule has 0 spiro atoms. The van der Waals surface area contributed by atoms with Crippen LogP contribution in [0.2, 0.25) is 10.0 Å². The molecule has 3 aromatic carbocycles. The summed E-state index contributed by atoms with van der Waals surface area (Å²) in [6, 6.07) is 18.2. The molecule has 0 bridgehead atoms. The van der Waals surface area contributed by atoms with Crippen LogP contribution in [-0.4, -0.2) is 12.9 Å². The molecular weight excluding hydrogens is 407 g/mol. The standard InChI is InChI=1S/C24H20Cl2O3/c1-16-3-7-18(8-4-16)22(27)10-5-17-6-11-23(28-2)19(13-17)15-29-24-12-9-20(25)14-21(24)26/h3-14H,15H2,1-2H3/b10-5+. The Morgan fingerprint density at radius 2 is 1.69 bits per heavy atom. The molecule has 3 nitrogen and oxygen atoms in total. The second-order valence-electron chi connectivity index (χ2n) is 6.50. The normalized spacial score (nSPS) is 10.9. The molecule has 5 heteroatoms. The number of allylic oxidation sites excluding steroid dienone is 1. The molecular formula is C24H20Cl2O3. The molecule has 0 saturated carbocycles. The van der Waals surface area contributed by atoms with Crippen molar-refractivity contribution in [1.29, 1.82) is 0 Å². The lowest BCUT2D eigenvalue weighted by Gasteiger charge is -2.12. The summed E-state index contributed by atoms with van der Waals surface area (Å²) in [5, 5.41) is 0.988. The summed E-state index contributed by atoms with van der Waals surface area (Å²) in [7, 11) is 1.60. The summed E-state index contributed by atoms with van der Waals surface area (Å²) < 4.78 is 11.2. The van der Waals surface area contributed by atoms with Gasteiger partial charge in [-0.25, -0.2) is 0 Å². The van der Waals surface area contributed by atoms with Gasteiger partial charge in [-0.1, -0.05) is 65.2 Å². The number of rotatable bonds is 7. The van der Waals surface area contributed by atoms with Gasteiger partial charge in [0.15, 0.2) is 5.78 Å². The third-order valence-corrected chi connectivity index (χ3v) is 4.88. The van der Waals surface area contributed by atoms with E-state index in [1.165, 1.54) is 0 Å². The number of benzene rings is 3. The van der Waals surface area contributed by atoms with E-state index in [1.54, 1.807) is 37.5 Å². The van der Waals surface area contributed by atoms with Gasteiger partial charge < -0.3 is 9.47 Å². The van der Waals surface area contributed by atoms with Crippen molar-refractivity contribution in [1.82, 2.24) is 0 Å². The van der Waals surface area contributed by atoms with Gasteiger partial charge in [0.1, 0.15) is 18.1 Å². The molecule has 0 heterocycles. The summed E-state index contributed by atoms with van der Waals surface area (Å²) in [6.07, 6.45) is 3.34. The lowest BCUT2D eigenvalue weighted by Crippen LogP contribution is -2.00. The molecule has 0 amide bonds. The SMILES string of the molecule is COc1ccc(/C=C/C(=O)c2ccc(C)cc2)cc1COc1ccc(Cl)cc1Cl. The van der Waals surface area contributed by atoms with Crippen LogP contribution in [0.5, 0.6) is 11.5 Å². The van der Waals surface area contributed by atoms with Crippen LogP contribution in [0, 0.1) is 6.92 Å². The Morgan fingerprint density at radius 1 is 0.966 bits per heavy atom. The highest BCUT2D eigenvalue weighted by atomic mass is 35.5. The fourth-order valence-electron chi connectivity index (χ4n) is 2.75. The quantitative estimate of drug-likeness (QED) is 0.308. The number of ketones is 1. The predicted molar refractivity (Wildman–Crippen MR) is 118 cm³/mol. The first-order valence-electron chi connectivity index (χ1n) is 9.00. The van der Waals surface area contributed by atoms with Gasteiger partial charge in [0.2, 0.25) is 0 Å². The second-order valence-corrected chi connectivity index (χ2v) is 7.34. The van der Waals surface area contributed by atoms with Crippen LogP contribution < -0.4 is 9.47 Å². The summed E-state index contributed by atoms with van der Waals surface area (Å²) >= 11 is 12.1. The van der Waals surface area contributed by atoms with Gasteiger partial charge in [-0.3, -0.25) is 4.79 Å². The minimum absolute atomic E-state index is 0.0495. The highest BCUT2D eigenvalue weighted by Crippen LogP contribution is 2.29. The van der Waals surface area contributed by atoms with E-state index in [9.17, 15) is 4.79 Å². The fraction of sp³-hybridized carbons (Fsp3) is 0.125. The number of aryl methyl sites for hydroxylation is 1. The van der Waals surface area contributed by atoms with Gasteiger partial charge in [0.05, 0.1) is 12.1 Å². The highest BCUT2D eigenvalue weighted by molar-refractivity contribution is 6.35. The van der Waals surface area contributed by atoms with E-state index in [1.807, 2.05) is 49.4 Å². The van der Waals surface area contributed by atoms with E-state index in [0.29, 0.717) is 27.1 Å². The third-order valence-electron chi connectivity index (χ3n) is 4.34. The Balaban J connectivity index is 1.75. The summed E-state index contributed by atoms with van der Waals surface area (Å²) in [5.41, 5.74) is 3.47. The lowest BCUT2D eigenvalue weighted by molar-refractivity contribution is 0.104. The van der Waals surface area contributed by atoms with Gasteiger partial charge in [-0.05, 0) is 48.9 Å². The van der Waals surface area contributed by atoms with Crippen LogP contribution in [0.15, 0.2) is 66.7 Å². The largest absolute Gasteiger partial charge is 0.496 e. The van der Waals surface area contributed by atoms with E-state index >= 15 is 0 Å². The van der Waals surface area contributed by atoms with E-state index in [4.69, 9.17) is 32.7 Å². The van der Waals surface area contributed by atoms with Crippen LogP contribution in [0.3, 0.4) is 0 Å². The molecule has 3 aromatic rings. The smallest absolute Gasteiger partial charge is 0.185 e. The minimum Gasteiger partial charge on any atom is -0.496 e. The molecule has 0 radical (unpaired) electrons. The molecule has 0 aliphatic rings. The van der Waals surface area contributed by atoms with Crippen LogP contribution in [0.4, 0.5) is 0 Å². The van der Waals surface area contributed by atoms with Crippen molar-refractivity contribution >= 4 is 35.1 Å². The first kappa shape index (κ1) is 21.0. The van der Waals surface area contributed by atoms with Crippen molar-refractivity contribution in [3.63, 3.8) is 0 Å². The average Bonchev–Trinajstić information content (AvgIpc) is 2.72. The molecule has 0 aromatic heterocycles. The Kier molecular flexibility index (Phi) is 6.97. The van der Waals surface area contributed by atoms with Crippen LogP contribution in [0.25, 0.3) is 6.08 Å². The van der Waals surface area contributed by atoms with Gasteiger partial charge in [-0.15, -0.1) is 0 Å². The monoisotopic (exact) mass is 426 g/mol. The third kappa shape index (κ3) is 5.63. The predicted octanol–water partition coefficient (Wildman–Crippen LogP) is 6.79. The molecule has 0 fully saturated rings. The van der Waals surface area contributed by atoms with Gasteiger partial charge in [0.25, 0.3) is 0 Å². The number of hydrogen-bond acceptors (Lipinski definition) is 3. The second kappa shape index (κ2) is 9.64. The van der Waals surface area contributed by atoms with Crippen molar-refractivity contribution in [2.45, 2.75) is 13.5 Å². The van der Waals surface area contributed by atoms with E-state index < -0.39 is 0 Å². The molecule has 0 aliphatic heterocycles. The molecule has 29 heavy (non-hydrogen) atoms. The minimum atomic E-state index is -0.0495. The van der Waals surface area contributed by atoms with E-state index in [2.05, 4.69) is 0 Å². The van der Waals surface area contributed by atoms with Crippen molar-refractivity contribution in [2.24, 2.45) is 0 Å². The number of carbonyl (C=O) groups is 1. The fourth-order valence-corrected chi connectivity index (χ4v) is 3.21. The number of ether oxygens (including phenoxy) is 2. The van der Waals surface area contributed by atoms with Crippen LogP contribution >= 0.6 is 23.2 Å². The Hall–Kier alpha value is -2.75. The summed E-state index contributed by atoms with van der Waals surface area (Å²) in [6.45, 7) is 2.25. The highest BCUT2D eigenvalue weighted by Gasteiger charge is 2.08.